The van der Waals surface area contributed by atoms with E-state index in [1.165, 1.54) is 0 Å². The molecule has 7 nitrogen and oxygen atoms in total. The van der Waals surface area contributed by atoms with Crippen molar-refractivity contribution in [3.8, 4) is 6.01 Å². The Balaban J connectivity index is 2.18. The fourth-order valence-corrected chi connectivity index (χ4v) is 1.53. The molecule has 1 saturated heterocycles. The minimum absolute atomic E-state index is 0.0306. The summed E-state index contributed by atoms with van der Waals surface area (Å²) in [6.45, 7) is 3.01. The Morgan fingerprint density at radius 1 is 1.65 bits per heavy atom. The second-order valence-electron chi connectivity index (χ2n) is 3.77. The van der Waals surface area contributed by atoms with Crippen LogP contribution in [-0.2, 0) is 4.74 Å². The number of nitrogens with two attached hydrogens (primary N) is 1. The molecule has 92 valence electrons. The summed E-state index contributed by atoms with van der Waals surface area (Å²) in [5.41, 5.74) is 6.50. The van der Waals surface area contributed by atoms with Crippen molar-refractivity contribution >= 4 is 5.84 Å². The Labute approximate surface area is 98.3 Å². The number of hydrogen-bond acceptors (Lipinski definition) is 6. The Kier molecular flexibility index (Phi) is 3.38. The van der Waals surface area contributed by atoms with Crippen LogP contribution in [0.5, 0.6) is 6.01 Å². The summed E-state index contributed by atoms with van der Waals surface area (Å²) in [7, 11) is 0. The van der Waals surface area contributed by atoms with Crippen LogP contribution in [0.3, 0.4) is 0 Å². The quantitative estimate of drug-likeness (QED) is 0.334. The van der Waals surface area contributed by atoms with E-state index < -0.39 is 0 Å². The molecule has 1 aliphatic rings. The third-order valence-corrected chi connectivity index (χ3v) is 2.36. The average Bonchev–Trinajstić information content (AvgIpc) is 2.80. The van der Waals surface area contributed by atoms with Crippen molar-refractivity contribution in [2.45, 2.75) is 19.4 Å². The number of rotatable bonds is 3. The number of aromatic nitrogens is 2. The van der Waals surface area contributed by atoms with E-state index in [2.05, 4.69) is 15.1 Å². The number of hydrogen-bond donors (Lipinski definition) is 2. The Bertz CT molecular complexity index is 430. The topological polar surface area (TPSA) is 103 Å². The van der Waals surface area contributed by atoms with Gasteiger partial charge in [-0.25, -0.2) is 4.98 Å². The molecule has 0 radical (unpaired) electrons. The molecule has 1 fully saturated rings. The molecule has 0 spiro atoms. The van der Waals surface area contributed by atoms with Gasteiger partial charge in [-0.3, -0.25) is 0 Å². The third-order valence-electron chi connectivity index (χ3n) is 2.36. The number of aryl methyl sites for hydroxylation is 1. The van der Waals surface area contributed by atoms with Gasteiger partial charge in [0.1, 0.15) is 11.8 Å². The van der Waals surface area contributed by atoms with E-state index in [1.54, 1.807) is 13.0 Å². The van der Waals surface area contributed by atoms with E-state index in [1.807, 2.05) is 0 Å². The maximum atomic E-state index is 8.60. The van der Waals surface area contributed by atoms with Gasteiger partial charge in [-0.1, -0.05) is 5.16 Å². The van der Waals surface area contributed by atoms with Gasteiger partial charge in [0.2, 0.25) is 0 Å². The predicted molar refractivity (Wildman–Crippen MR) is 59.1 cm³/mol. The summed E-state index contributed by atoms with van der Waals surface area (Å²) in [6, 6.07) is 1.84. The first-order chi connectivity index (χ1) is 8.19. The Morgan fingerprint density at radius 3 is 3.12 bits per heavy atom. The summed E-state index contributed by atoms with van der Waals surface area (Å²) in [4.78, 5) is 8.20. The molecule has 2 heterocycles. The molecule has 0 aromatic carbocycles. The maximum Gasteiger partial charge on any atom is 0.317 e. The molecule has 0 saturated carbocycles. The van der Waals surface area contributed by atoms with Gasteiger partial charge < -0.3 is 20.4 Å². The van der Waals surface area contributed by atoms with Crippen LogP contribution >= 0.6 is 0 Å². The molecule has 1 atom stereocenters. The van der Waals surface area contributed by atoms with Crippen LogP contribution < -0.4 is 10.5 Å². The lowest BCUT2D eigenvalue weighted by Gasteiger charge is -2.11. The van der Waals surface area contributed by atoms with Crippen LogP contribution in [0.15, 0.2) is 11.2 Å². The van der Waals surface area contributed by atoms with Crippen molar-refractivity contribution in [2.24, 2.45) is 10.9 Å². The summed E-state index contributed by atoms with van der Waals surface area (Å²) in [5.74, 6) is -0.0666. The van der Waals surface area contributed by atoms with Crippen molar-refractivity contribution in [1.82, 2.24) is 9.97 Å². The smallest absolute Gasteiger partial charge is 0.317 e. The lowest BCUT2D eigenvalue weighted by atomic mass is 10.3. The van der Waals surface area contributed by atoms with Gasteiger partial charge in [0.15, 0.2) is 5.84 Å². The van der Waals surface area contributed by atoms with Crippen LogP contribution in [0.25, 0.3) is 0 Å². The third kappa shape index (κ3) is 2.82. The Morgan fingerprint density at radius 2 is 2.47 bits per heavy atom. The molecule has 0 aliphatic carbocycles. The second-order valence-corrected chi connectivity index (χ2v) is 3.77. The molecule has 17 heavy (non-hydrogen) atoms. The van der Waals surface area contributed by atoms with Crippen LogP contribution in [-0.4, -0.2) is 40.3 Å². The molecular formula is C10H14N4O3. The summed E-state index contributed by atoms with van der Waals surface area (Å²) in [5, 5.41) is 11.5. The Hall–Kier alpha value is -1.89. The summed E-state index contributed by atoms with van der Waals surface area (Å²) in [6.07, 6.45) is 0.785. The minimum Gasteiger partial charge on any atom is -0.458 e. The van der Waals surface area contributed by atoms with E-state index in [-0.39, 0.29) is 18.0 Å². The first-order valence-electron chi connectivity index (χ1n) is 5.27. The van der Waals surface area contributed by atoms with Gasteiger partial charge >= 0.3 is 6.01 Å². The number of nitrogens with zero attached hydrogens (tertiary/aromatic N) is 3. The lowest BCUT2D eigenvalue weighted by Crippen LogP contribution is -2.20. The van der Waals surface area contributed by atoms with Gasteiger partial charge in [0.25, 0.3) is 0 Å². The van der Waals surface area contributed by atoms with Crippen LogP contribution in [0.1, 0.15) is 17.8 Å². The lowest BCUT2D eigenvalue weighted by molar-refractivity contribution is 0.134. The fraction of sp³-hybridized carbons (Fsp3) is 0.500. The normalized spacial score (nSPS) is 20.5. The first kappa shape index (κ1) is 11.6. The van der Waals surface area contributed by atoms with Crippen LogP contribution in [0.4, 0.5) is 0 Å². The maximum absolute atomic E-state index is 8.60. The molecule has 7 heteroatoms. The van der Waals surface area contributed by atoms with Crippen molar-refractivity contribution in [1.29, 1.82) is 0 Å². The average molecular weight is 238 g/mol. The highest BCUT2D eigenvalue weighted by Crippen LogP contribution is 2.13. The summed E-state index contributed by atoms with van der Waals surface area (Å²) >= 11 is 0. The van der Waals surface area contributed by atoms with Gasteiger partial charge in [-0.15, -0.1) is 0 Å². The van der Waals surface area contributed by atoms with E-state index >= 15 is 0 Å². The molecule has 1 aromatic heterocycles. The minimum atomic E-state index is -0.0666. The molecular weight excluding hydrogens is 224 g/mol. The molecule has 3 N–H and O–H groups in total. The van der Waals surface area contributed by atoms with Crippen molar-refractivity contribution in [3.05, 3.63) is 17.5 Å². The molecule has 0 amide bonds. The zero-order valence-corrected chi connectivity index (χ0v) is 9.46. The van der Waals surface area contributed by atoms with Crippen molar-refractivity contribution in [2.75, 3.05) is 13.2 Å². The zero-order valence-electron chi connectivity index (χ0n) is 9.46. The van der Waals surface area contributed by atoms with Crippen molar-refractivity contribution < 1.29 is 14.7 Å². The molecule has 1 unspecified atom stereocenters. The van der Waals surface area contributed by atoms with Gasteiger partial charge in [0.05, 0.1) is 13.2 Å². The second kappa shape index (κ2) is 4.96. The fourth-order valence-electron chi connectivity index (χ4n) is 1.53. The molecule has 1 aromatic rings. The monoisotopic (exact) mass is 238 g/mol. The molecule has 1 aliphatic heterocycles. The van der Waals surface area contributed by atoms with E-state index in [9.17, 15) is 0 Å². The number of amidine groups is 1. The van der Waals surface area contributed by atoms with E-state index in [0.29, 0.717) is 24.6 Å². The highest BCUT2D eigenvalue weighted by atomic mass is 16.6. The number of ether oxygens (including phenoxy) is 2. The SMILES string of the molecule is Cc1cc(/C(N)=N/O)nc(OC2CCOC2)n1. The predicted octanol–water partition coefficient (Wildman–Crippen LogP) is 0.0472. The van der Waals surface area contributed by atoms with E-state index in [0.717, 1.165) is 6.42 Å². The largest absolute Gasteiger partial charge is 0.458 e. The van der Waals surface area contributed by atoms with Gasteiger partial charge in [-0.05, 0) is 13.0 Å². The highest BCUT2D eigenvalue weighted by Gasteiger charge is 2.19. The standard InChI is InChI=1S/C10H14N4O3/c1-6-4-8(9(11)14-15)13-10(12-6)17-7-2-3-16-5-7/h4,7,15H,2-3,5H2,1H3,(H2,11,14). The van der Waals surface area contributed by atoms with Crippen LogP contribution in [0.2, 0.25) is 0 Å². The zero-order chi connectivity index (χ0) is 12.3. The molecule has 0 bridgehead atoms. The van der Waals surface area contributed by atoms with Crippen molar-refractivity contribution in [3.63, 3.8) is 0 Å². The highest BCUT2D eigenvalue weighted by molar-refractivity contribution is 5.95. The number of oxime groups is 1. The summed E-state index contributed by atoms with van der Waals surface area (Å²) < 4.78 is 10.7. The molecule has 2 rings (SSSR count). The first-order valence-corrected chi connectivity index (χ1v) is 5.27. The van der Waals surface area contributed by atoms with Crippen LogP contribution in [0, 0.1) is 6.92 Å². The van der Waals surface area contributed by atoms with E-state index in [4.69, 9.17) is 20.4 Å². The van der Waals surface area contributed by atoms with Gasteiger partial charge in [-0.2, -0.15) is 4.98 Å². The van der Waals surface area contributed by atoms with Gasteiger partial charge in [0, 0.05) is 12.1 Å².